The molecule has 11 nitrogen and oxygen atoms in total. The number of carboxylic acid groups (broad SMARTS) is 1. The molecule has 3 rings (SSSR count). The number of rotatable bonds is 6. The van der Waals surface area contributed by atoms with Crippen LogP contribution < -0.4 is 0 Å². The number of tetrazole rings is 1. The van der Waals surface area contributed by atoms with Crippen molar-refractivity contribution in [1.82, 2.24) is 24.6 Å². The number of nitrogens with one attached hydrogen (secondary N) is 1. The number of carbonyl (C=O) groups is 2. The number of hydrogen-bond donors (Lipinski definition) is 3. The summed E-state index contributed by atoms with van der Waals surface area (Å²) in [7, 11) is -4.41. The molecule has 2 aromatic heterocycles. The number of carboxylic acids is 1. The van der Waals surface area contributed by atoms with E-state index in [1.54, 1.807) is 0 Å². The largest absolute Gasteiger partial charge is 0.507 e. The minimum Gasteiger partial charge on any atom is -0.507 e. The highest BCUT2D eigenvalue weighted by molar-refractivity contribution is 7.90. The second-order valence-electron chi connectivity index (χ2n) is 5.30. The van der Waals surface area contributed by atoms with Crippen LogP contribution in [0.15, 0.2) is 47.5 Å². The summed E-state index contributed by atoms with van der Waals surface area (Å²) in [5, 5.41) is 31.5. The predicted octanol–water partition coefficient (Wildman–Crippen LogP) is 0.857. The van der Waals surface area contributed by atoms with Crippen LogP contribution in [0.1, 0.15) is 26.7 Å². The van der Waals surface area contributed by atoms with Crippen LogP contribution in [-0.2, 0) is 10.0 Å². The maximum atomic E-state index is 13.0. The summed E-state index contributed by atoms with van der Waals surface area (Å²) >= 11 is 0. The fourth-order valence-electron chi connectivity index (χ4n) is 2.20. The normalized spacial score (nSPS) is 12.1. The van der Waals surface area contributed by atoms with Crippen molar-refractivity contribution in [3.05, 3.63) is 65.5 Å². The molecule has 0 unspecified atom stereocenters. The molecule has 0 saturated heterocycles. The van der Waals surface area contributed by atoms with Crippen LogP contribution in [0.2, 0.25) is 0 Å². The smallest absolute Gasteiger partial charge is 0.353 e. The summed E-state index contributed by atoms with van der Waals surface area (Å²) < 4.78 is 38.8. The molecule has 0 saturated carbocycles. The lowest BCUT2D eigenvalue weighted by Crippen LogP contribution is -2.17. The zero-order valence-corrected chi connectivity index (χ0v) is 14.5. The topological polar surface area (TPSA) is 168 Å². The van der Waals surface area contributed by atoms with Gasteiger partial charge in [-0.2, -0.15) is 5.21 Å². The van der Waals surface area contributed by atoms with Crippen LogP contribution in [0.3, 0.4) is 0 Å². The molecule has 0 fully saturated rings. The van der Waals surface area contributed by atoms with Gasteiger partial charge in [-0.15, -0.1) is 10.2 Å². The Morgan fingerprint density at radius 1 is 1.18 bits per heavy atom. The number of allylic oxidation sites excluding steroid dienone is 1. The first-order valence-corrected chi connectivity index (χ1v) is 8.80. The number of aliphatic hydroxyl groups excluding tert-OH is 1. The van der Waals surface area contributed by atoms with Gasteiger partial charge in [0.05, 0.1) is 4.90 Å². The van der Waals surface area contributed by atoms with E-state index >= 15 is 0 Å². The lowest BCUT2D eigenvalue weighted by molar-refractivity contribution is 0.0689. The fourth-order valence-corrected chi connectivity index (χ4v) is 3.55. The summed E-state index contributed by atoms with van der Waals surface area (Å²) in [4.78, 5) is 22.9. The maximum absolute atomic E-state index is 13.0. The van der Waals surface area contributed by atoms with E-state index in [2.05, 4.69) is 20.6 Å². The van der Waals surface area contributed by atoms with Gasteiger partial charge in [-0.3, -0.25) is 4.79 Å². The number of halogens is 1. The quantitative estimate of drug-likeness (QED) is 0.305. The van der Waals surface area contributed by atoms with Crippen molar-refractivity contribution in [1.29, 1.82) is 0 Å². The van der Waals surface area contributed by atoms with Gasteiger partial charge in [-0.05, 0) is 35.5 Å². The highest BCUT2D eigenvalue weighted by atomic mass is 32.2. The molecule has 28 heavy (non-hydrogen) atoms. The first-order chi connectivity index (χ1) is 13.2. The average Bonchev–Trinajstić information content (AvgIpc) is 3.32. The molecular weight excluding hydrogens is 397 g/mol. The van der Waals surface area contributed by atoms with Crippen molar-refractivity contribution in [3.8, 4) is 0 Å². The molecule has 0 bridgehead atoms. The van der Waals surface area contributed by atoms with E-state index in [9.17, 15) is 32.6 Å². The maximum Gasteiger partial charge on any atom is 0.353 e. The lowest BCUT2D eigenvalue weighted by Gasteiger charge is -2.08. The second kappa shape index (κ2) is 7.03. The van der Waals surface area contributed by atoms with E-state index in [1.165, 1.54) is 0 Å². The van der Waals surface area contributed by atoms with Gasteiger partial charge in [-0.1, -0.05) is 0 Å². The number of ketones is 1. The molecule has 0 amide bonds. The van der Waals surface area contributed by atoms with Crippen molar-refractivity contribution in [2.24, 2.45) is 0 Å². The van der Waals surface area contributed by atoms with Gasteiger partial charge < -0.3 is 10.2 Å². The number of nitrogens with zero attached hydrogens (tertiary/aromatic N) is 4. The van der Waals surface area contributed by atoms with Crippen molar-refractivity contribution >= 4 is 27.5 Å². The van der Waals surface area contributed by atoms with E-state index in [-0.39, 0.29) is 16.3 Å². The van der Waals surface area contributed by atoms with Crippen LogP contribution in [0.4, 0.5) is 4.39 Å². The Hall–Kier alpha value is -3.87. The molecule has 0 spiro atoms. The molecule has 2 heterocycles. The molecule has 0 aliphatic heterocycles. The minimum atomic E-state index is -4.41. The molecule has 0 aliphatic carbocycles. The Balaban J connectivity index is 2.06. The zero-order chi connectivity index (χ0) is 20.5. The third-order valence-corrected chi connectivity index (χ3v) is 5.19. The lowest BCUT2D eigenvalue weighted by atomic mass is 10.2. The highest BCUT2D eigenvalue weighted by Crippen LogP contribution is 2.22. The van der Waals surface area contributed by atoms with E-state index in [0.717, 1.165) is 36.5 Å². The molecule has 3 aromatic rings. The molecule has 0 aliphatic rings. The SMILES string of the molecule is O=C(C=C(O)c1cc(C(=O)O)n(S(=O)(=O)c2ccc(F)cc2)c1)c1nn[nH]n1. The number of hydrogen-bond acceptors (Lipinski definition) is 8. The molecule has 144 valence electrons. The van der Waals surface area contributed by atoms with E-state index in [4.69, 9.17) is 0 Å². The molecule has 0 atom stereocenters. The third kappa shape index (κ3) is 3.50. The number of benzene rings is 1. The first kappa shape index (κ1) is 18.9. The molecule has 0 radical (unpaired) electrons. The second-order valence-corrected chi connectivity index (χ2v) is 7.12. The number of aromatic carboxylic acids is 1. The Bertz CT molecular complexity index is 1180. The zero-order valence-electron chi connectivity index (χ0n) is 13.6. The third-order valence-electron chi connectivity index (χ3n) is 3.50. The van der Waals surface area contributed by atoms with E-state index in [1.807, 2.05) is 0 Å². The summed E-state index contributed by atoms with van der Waals surface area (Å²) in [5.74, 6) is -4.20. The van der Waals surface area contributed by atoms with E-state index in [0.29, 0.717) is 10.0 Å². The van der Waals surface area contributed by atoms with Gasteiger partial charge in [0.25, 0.3) is 10.0 Å². The Morgan fingerprint density at radius 2 is 1.86 bits per heavy atom. The summed E-state index contributed by atoms with van der Waals surface area (Å²) in [5.41, 5.74) is -0.966. The Morgan fingerprint density at radius 3 is 2.43 bits per heavy atom. The number of carbonyl (C=O) groups excluding carboxylic acids is 1. The molecule has 1 aromatic carbocycles. The Labute approximate surface area is 155 Å². The van der Waals surface area contributed by atoms with Gasteiger partial charge in [0.15, 0.2) is 0 Å². The van der Waals surface area contributed by atoms with Crippen molar-refractivity contribution in [2.75, 3.05) is 0 Å². The standard InChI is InChI=1S/C15H10FN5O6S/c16-9-1-3-10(4-2-9)28(26,27)21-7-8(5-11(21)15(24)25)12(22)6-13(23)14-17-19-20-18-14/h1-7,22H,(H,24,25)(H,17,18,19,20). The van der Waals surface area contributed by atoms with Crippen molar-refractivity contribution in [3.63, 3.8) is 0 Å². The summed E-state index contributed by atoms with van der Waals surface area (Å²) in [6.07, 6.45) is 1.50. The molecular formula is C15H10FN5O6S. The van der Waals surface area contributed by atoms with Gasteiger partial charge in [0, 0.05) is 17.8 Å². The van der Waals surface area contributed by atoms with E-state index < -0.39 is 39.0 Å². The average molecular weight is 407 g/mol. The van der Waals surface area contributed by atoms with Crippen LogP contribution in [0.5, 0.6) is 0 Å². The number of aromatic nitrogens is 5. The van der Waals surface area contributed by atoms with Gasteiger partial charge in [-0.25, -0.2) is 21.6 Å². The monoisotopic (exact) mass is 407 g/mol. The predicted molar refractivity (Wildman–Crippen MR) is 89.5 cm³/mol. The van der Waals surface area contributed by atoms with Crippen LogP contribution >= 0.6 is 0 Å². The van der Waals surface area contributed by atoms with Crippen LogP contribution in [-0.4, -0.2) is 55.0 Å². The number of aromatic amines is 1. The first-order valence-electron chi connectivity index (χ1n) is 7.36. The fraction of sp³-hybridized carbons (Fsp3) is 0. The van der Waals surface area contributed by atoms with Gasteiger partial charge in [0.1, 0.15) is 17.3 Å². The number of H-pyrrole nitrogens is 1. The van der Waals surface area contributed by atoms with Gasteiger partial charge >= 0.3 is 5.97 Å². The summed E-state index contributed by atoms with van der Waals surface area (Å²) in [6, 6.07) is 4.59. The van der Waals surface area contributed by atoms with Crippen LogP contribution in [0, 0.1) is 5.82 Å². The van der Waals surface area contributed by atoms with Crippen molar-refractivity contribution in [2.45, 2.75) is 4.90 Å². The molecule has 3 N–H and O–H groups in total. The summed E-state index contributed by atoms with van der Waals surface area (Å²) in [6.45, 7) is 0. The van der Waals surface area contributed by atoms with Gasteiger partial charge in [0.2, 0.25) is 11.6 Å². The highest BCUT2D eigenvalue weighted by Gasteiger charge is 2.25. The van der Waals surface area contributed by atoms with Crippen LogP contribution in [0.25, 0.3) is 5.76 Å². The Kier molecular flexibility index (Phi) is 4.75. The molecule has 13 heteroatoms. The van der Waals surface area contributed by atoms with Crippen molar-refractivity contribution < 1.29 is 32.6 Å². The number of aliphatic hydroxyl groups is 1. The minimum absolute atomic E-state index is 0.264.